The highest BCUT2D eigenvalue weighted by atomic mass is 32.2. The fourth-order valence-electron chi connectivity index (χ4n) is 6.32. The third kappa shape index (κ3) is 5.53. The molecule has 0 aliphatic carbocycles. The number of ether oxygens (including phenoxy) is 3. The molecule has 3 aromatic rings. The molecule has 2 atom stereocenters. The first-order valence-electron chi connectivity index (χ1n) is 14.4. The SMILES string of the molecule is COc1cccc(C2(N3CCCC[C@H]3C(=O)N(C)C)C(=O)N(S(=O)(=O)c3ccc(OC)cc3OC(F)(F)F)c3ccc(C)cc32)c1. The number of hydrogen-bond acceptors (Lipinski definition) is 8. The maximum absolute atomic E-state index is 15.2. The fraction of sp³-hybridized carbons (Fsp3) is 0.375. The van der Waals surface area contributed by atoms with E-state index in [0.29, 0.717) is 40.4 Å². The van der Waals surface area contributed by atoms with Gasteiger partial charge in [-0.1, -0.05) is 36.2 Å². The predicted molar refractivity (Wildman–Crippen MR) is 162 cm³/mol. The van der Waals surface area contributed by atoms with Crippen LogP contribution in [0.1, 0.15) is 36.0 Å². The maximum atomic E-state index is 15.2. The van der Waals surface area contributed by atoms with Crippen molar-refractivity contribution in [3.05, 3.63) is 77.4 Å². The lowest BCUT2D eigenvalue weighted by Crippen LogP contribution is -2.62. The molecule has 0 bridgehead atoms. The molecule has 2 amide bonds. The minimum absolute atomic E-state index is 0.0613. The molecule has 2 aliphatic rings. The number of sulfonamides is 1. The summed E-state index contributed by atoms with van der Waals surface area (Å²) in [5.74, 6) is -2.03. The van der Waals surface area contributed by atoms with E-state index in [1.54, 1.807) is 62.3 Å². The van der Waals surface area contributed by atoms with Crippen LogP contribution in [0.15, 0.2) is 65.6 Å². The van der Waals surface area contributed by atoms with Crippen molar-refractivity contribution in [1.29, 1.82) is 0 Å². The molecule has 0 radical (unpaired) electrons. The number of aryl methyl sites for hydroxylation is 1. The normalized spacial score (nSPS) is 20.3. The van der Waals surface area contributed by atoms with Gasteiger partial charge in [0.1, 0.15) is 16.4 Å². The molecule has 1 unspecified atom stereocenters. The van der Waals surface area contributed by atoms with Crippen molar-refractivity contribution >= 4 is 27.5 Å². The zero-order valence-electron chi connectivity index (χ0n) is 25.9. The summed E-state index contributed by atoms with van der Waals surface area (Å²) in [7, 11) is 0.775. The average Bonchev–Trinajstić information content (AvgIpc) is 3.27. The molecule has 0 N–H and O–H groups in total. The Bertz CT molecular complexity index is 1780. The second-order valence-corrected chi connectivity index (χ2v) is 13.1. The van der Waals surface area contributed by atoms with Crippen molar-refractivity contribution in [2.75, 3.05) is 39.2 Å². The Morgan fingerprint density at radius 2 is 1.67 bits per heavy atom. The quantitative estimate of drug-likeness (QED) is 0.338. The van der Waals surface area contributed by atoms with E-state index in [-0.39, 0.29) is 29.5 Å². The van der Waals surface area contributed by atoms with Gasteiger partial charge in [0.25, 0.3) is 15.9 Å². The fourth-order valence-corrected chi connectivity index (χ4v) is 7.88. The zero-order chi connectivity index (χ0) is 33.6. The van der Waals surface area contributed by atoms with Crippen LogP contribution in [-0.2, 0) is 25.2 Å². The predicted octanol–water partition coefficient (Wildman–Crippen LogP) is 4.83. The van der Waals surface area contributed by atoms with Crippen molar-refractivity contribution in [3.8, 4) is 17.2 Å². The molecule has 0 saturated carbocycles. The van der Waals surface area contributed by atoms with Crippen LogP contribution in [-0.4, -0.2) is 77.3 Å². The number of likely N-dealkylation sites (tertiary alicyclic amines) is 1. The molecule has 46 heavy (non-hydrogen) atoms. The number of alkyl halides is 3. The first-order chi connectivity index (χ1) is 21.7. The summed E-state index contributed by atoms with van der Waals surface area (Å²) >= 11 is 0. The van der Waals surface area contributed by atoms with Crippen LogP contribution in [0.25, 0.3) is 0 Å². The monoisotopic (exact) mass is 661 g/mol. The minimum Gasteiger partial charge on any atom is -0.497 e. The number of hydrogen-bond donors (Lipinski definition) is 0. The molecule has 5 rings (SSSR count). The Morgan fingerprint density at radius 1 is 0.978 bits per heavy atom. The summed E-state index contributed by atoms with van der Waals surface area (Å²) in [4.78, 5) is 31.1. The molecule has 1 saturated heterocycles. The Labute approximate surface area is 265 Å². The van der Waals surface area contributed by atoms with E-state index in [2.05, 4.69) is 4.74 Å². The number of anilines is 1. The lowest BCUT2D eigenvalue weighted by atomic mass is 9.78. The van der Waals surface area contributed by atoms with E-state index in [4.69, 9.17) is 9.47 Å². The summed E-state index contributed by atoms with van der Waals surface area (Å²) in [5, 5.41) is 0. The van der Waals surface area contributed by atoms with Crippen molar-refractivity contribution in [2.24, 2.45) is 0 Å². The Kier molecular flexibility index (Phi) is 8.73. The summed E-state index contributed by atoms with van der Waals surface area (Å²) < 4.78 is 84.9. The molecule has 0 aromatic heterocycles. The van der Waals surface area contributed by atoms with E-state index in [0.717, 1.165) is 12.1 Å². The molecular weight excluding hydrogens is 627 g/mol. The zero-order valence-corrected chi connectivity index (χ0v) is 26.7. The number of carbonyl (C=O) groups is 2. The summed E-state index contributed by atoms with van der Waals surface area (Å²) in [5.41, 5.74) is -0.650. The van der Waals surface area contributed by atoms with Crippen LogP contribution < -0.4 is 18.5 Å². The van der Waals surface area contributed by atoms with Gasteiger partial charge < -0.3 is 19.1 Å². The highest BCUT2D eigenvalue weighted by Crippen LogP contribution is 2.53. The van der Waals surface area contributed by atoms with Crippen LogP contribution in [0.3, 0.4) is 0 Å². The number of halogens is 3. The van der Waals surface area contributed by atoms with E-state index in [9.17, 15) is 26.4 Å². The van der Waals surface area contributed by atoms with Crippen molar-refractivity contribution in [1.82, 2.24) is 9.80 Å². The maximum Gasteiger partial charge on any atom is 0.573 e. The number of amides is 2. The van der Waals surface area contributed by atoms with Gasteiger partial charge in [0.05, 0.1) is 25.9 Å². The molecule has 1 fully saturated rings. The number of methoxy groups -OCH3 is 2. The average molecular weight is 662 g/mol. The molecule has 2 aliphatic heterocycles. The van der Waals surface area contributed by atoms with E-state index >= 15 is 4.79 Å². The Hall–Kier alpha value is -4.30. The Balaban J connectivity index is 1.83. The van der Waals surface area contributed by atoms with Crippen LogP contribution in [0, 0.1) is 6.92 Å². The number of nitrogens with zero attached hydrogens (tertiary/aromatic N) is 3. The van der Waals surface area contributed by atoms with Crippen LogP contribution in [0.4, 0.5) is 18.9 Å². The number of benzene rings is 3. The first kappa shape index (κ1) is 33.1. The van der Waals surface area contributed by atoms with Gasteiger partial charge in [-0.3, -0.25) is 14.5 Å². The van der Waals surface area contributed by atoms with Gasteiger partial charge in [0.2, 0.25) is 5.91 Å². The van der Waals surface area contributed by atoms with Gasteiger partial charge in [-0.25, -0.2) is 12.7 Å². The lowest BCUT2D eigenvalue weighted by Gasteiger charge is -2.47. The van der Waals surface area contributed by atoms with Gasteiger partial charge in [-0.2, -0.15) is 0 Å². The van der Waals surface area contributed by atoms with Gasteiger partial charge in [-0.05, 0) is 55.7 Å². The van der Waals surface area contributed by atoms with Gasteiger partial charge in [0.15, 0.2) is 11.3 Å². The summed E-state index contributed by atoms with van der Waals surface area (Å²) in [6.45, 7) is 2.02. The molecular formula is C32H34F3N3O7S. The second kappa shape index (κ2) is 12.1. The van der Waals surface area contributed by atoms with Crippen molar-refractivity contribution in [2.45, 2.75) is 49.0 Å². The number of piperidine rings is 1. The molecule has 10 nitrogen and oxygen atoms in total. The highest BCUT2D eigenvalue weighted by molar-refractivity contribution is 7.93. The van der Waals surface area contributed by atoms with E-state index in [1.165, 1.54) is 31.3 Å². The first-order valence-corrected chi connectivity index (χ1v) is 15.9. The lowest BCUT2D eigenvalue weighted by molar-refractivity contribution is -0.275. The number of likely N-dealkylation sites (N-methyl/N-ethyl adjacent to an activating group) is 1. The van der Waals surface area contributed by atoms with Crippen LogP contribution in [0.5, 0.6) is 17.2 Å². The smallest absolute Gasteiger partial charge is 0.497 e. The second-order valence-electron chi connectivity index (χ2n) is 11.3. The van der Waals surface area contributed by atoms with Crippen molar-refractivity contribution < 1.29 is 45.4 Å². The molecule has 0 spiro atoms. The van der Waals surface area contributed by atoms with E-state index in [1.807, 2.05) is 0 Å². The molecule has 2 heterocycles. The van der Waals surface area contributed by atoms with Gasteiger partial charge in [0, 0.05) is 32.3 Å². The standard InChI is InChI=1S/C32H34F3N3O7S/c1-20-12-14-25-24(17-20)31(21-9-8-10-22(18-21)43-4,37-16-7-6-11-26(37)29(39)36(2)3)30(40)38(25)46(41,42)28-15-13-23(44-5)19-27(28)45-32(33,34)35/h8-10,12-15,17-19,26H,6-7,11,16H2,1-5H3/t26-,31?/m0/s1. The minimum atomic E-state index is -5.25. The van der Waals surface area contributed by atoms with Gasteiger partial charge >= 0.3 is 6.36 Å². The topological polar surface area (TPSA) is 106 Å². The Morgan fingerprint density at radius 3 is 2.33 bits per heavy atom. The molecule has 246 valence electrons. The molecule has 14 heteroatoms. The van der Waals surface area contributed by atoms with E-state index < -0.39 is 44.5 Å². The number of rotatable bonds is 8. The molecule has 3 aromatic carbocycles. The van der Waals surface area contributed by atoms with Crippen LogP contribution in [0.2, 0.25) is 0 Å². The van der Waals surface area contributed by atoms with Gasteiger partial charge in [-0.15, -0.1) is 13.2 Å². The van der Waals surface area contributed by atoms with Crippen molar-refractivity contribution in [3.63, 3.8) is 0 Å². The number of fused-ring (bicyclic) bond motifs is 1. The highest BCUT2D eigenvalue weighted by Gasteiger charge is 2.62. The largest absolute Gasteiger partial charge is 0.573 e. The summed E-state index contributed by atoms with van der Waals surface area (Å²) in [6.07, 6.45) is -3.56. The van der Waals surface area contributed by atoms with Crippen LogP contribution >= 0.6 is 0 Å². The third-order valence-electron chi connectivity index (χ3n) is 8.30. The number of carbonyl (C=O) groups excluding carboxylic acids is 2. The summed E-state index contributed by atoms with van der Waals surface area (Å²) in [6, 6.07) is 13.4. The third-order valence-corrected chi connectivity index (χ3v) is 10.0.